The lowest BCUT2D eigenvalue weighted by molar-refractivity contribution is 0.0772. The average molecular weight is 292 g/mol. The maximum atomic E-state index is 12.1. The Labute approximate surface area is 119 Å². The fourth-order valence-corrected chi connectivity index (χ4v) is 1.93. The minimum atomic E-state index is -0.427. The molecule has 0 atom stereocenters. The number of nitrogens with one attached hydrogen (secondary N) is 1. The number of amides is 1. The van der Waals surface area contributed by atoms with Crippen molar-refractivity contribution in [3.05, 3.63) is 44.2 Å². The number of carbonyl (C=O) groups excluding carboxylic acids is 1. The summed E-state index contributed by atoms with van der Waals surface area (Å²) >= 11 is 0. The van der Waals surface area contributed by atoms with Crippen molar-refractivity contribution in [3.8, 4) is 0 Å². The molecule has 0 fully saturated rings. The van der Waals surface area contributed by atoms with E-state index in [2.05, 4.69) is 15.2 Å². The summed E-state index contributed by atoms with van der Waals surface area (Å²) in [5.74, 6) is 0.164. The van der Waals surface area contributed by atoms with Crippen LogP contribution in [0.1, 0.15) is 22.0 Å². The van der Waals surface area contributed by atoms with Crippen LogP contribution in [-0.4, -0.2) is 42.2 Å². The number of aryl methyl sites for hydroxylation is 2. The number of hydrogen-bond acceptors (Lipinski definition) is 5. The molecule has 0 aliphatic heterocycles. The van der Waals surface area contributed by atoms with Crippen LogP contribution in [0.4, 0.5) is 0 Å². The predicted molar refractivity (Wildman–Crippen MR) is 73.8 cm³/mol. The van der Waals surface area contributed by atoms with Gasteiger partial charge in [0.05, 0.1) is 12.1 Å². The molecule has 0 spiro atoms. The Hall–Kier alpha value is -2.71. The van der Waals surface area contributed by atoms with E-state index in [4.69, 9.17) is 0 Å². The van der Waals surface area contributed by atoms with Gasteiger partial charge in [-0.15, -0.1) is 5.10 Å². The van der Waals surface area contributed by atoms with Gasteiger partial charge >= 0.3 is 5.69 Å². The lowest BCUT2D eigenvalue weighted by atomic mass is 10.3. The van der Waals surface area contributed by atoms with Crippen molar-refractivity contribution in [1.82, 2.24) is 29.2 Å². The minimum absolute atomic E-state index is 0.0386. The van der Waals surface area contributed by atoms with E-state index >= 15 is 0 Å². The molecule has 0 unspecified atom stereocenters. The number of H-pyrrole nitrogens is 1. The zero-order valence-electron chi connectivity index (χ0n) is 12.2. The monoisotopic (exact) mass is 292 g/mol. The first-order chi connectivity index (χ1) is 9.81. The molecule has 2 aromatic rings. The number of aromatic amines is 1. The normalized spacial score (nSPS) is 10.7. The van der Waals surface area contributed by atoms with Crippen LogP contribution in [0.15, 0.2) is 15.8 Å². The number of aromatic nitrogens is 5. The summed E-state index contributed by atoms with van der Waals surface area (Å²) < 4.78 is 2.30. The highest BCUT2D eigenvalue weighted by Crippen LogP contribution is 2.01. The molecular formula is C12H16N6O3. The van der Waals surface area contributed by atoms with Crippen LogP contribution in [0.2, 0.25) is 0 Å². The summed E-state index contributed by atoms with van der Waals surface area (Å²) in [6.07, 6.45) is 1.43. The van der Waals surface area contributed by atoms with Gasteiger partial charge in [0.15, 0.2) is 0 Å². The molecule has 0 saturated heterocycles. The van der Waals surface area contributed by atoms with Crippen LogP contribution in [-0.2, 0) is 20.6 Å². The average Bonchev–Trinajstić information content (AvgIpc) is 2.88. The smallest absolute Gasteiger partial charge is 0.330 e. The number of carbonyl (C=O) groups is 1. The number of rotatable bonds is 3. The van der Waals surface area contributed by atoms with E-state index in [1.54, 1.807) is 21.0 Å². The van der Waals surface area contributed by atoms with Gasteiger partial charge in [-0.05, 0) is 6.92 Å². The number of nitrogens with zero attached hydrogens (tertiary/aromatic N) is 5. The highest BCUT2D eigenvalue weighted by molar-refractivity contribution is 5.90. The zero-order chi connectivity index (χ0) is 15.7. The van der Waals surface area contributed by atoms with Gasteiger partial charge in [0.25, 0.3) is 11.5 Å². The summed E-state index contributed by atoms with van der Waals surface area (Å²) in [5, 5.41) is 6.37. The Kier molecular flexibility index (Phi) is 3.74. The number of hydrogen-bond donors (Lipinski definition) is 1. The second kappa shape index (κ2) is 5.35. The first-order valence-electron chi connectivity index (χ1n) is 6.21. The van der Waals surface area contributed by atoms with Gasteiger partial charge in [0.1, 0.15) is 5.82 Å². The summed E-state index contributed by atoms with van der Waals surface area (Å²) in [4.78, 5) is 41.0. The Morgan fingerprint density at radius 2 is 2.05 bits per heavy atom. The van der Waals surface area contributed by atoms with Crippen LogP contribution < -0.4 is 11.2 Å². The van der Waals surface area contributed by atoms with Crippen LogP contribution >= 0.6 is 0 Å². The largest absolute Gasteiger partial charge is 0.334 e. The maximum Gasteiger partial charge on any atom is 0.330 e. The van der Waals surface area contributed by atoms with Gasteiger partial charge in [-0.3, -0.25) is 19.3 Å². The molecule has 0 aliphatic rings. The molecule has 1 amide bonds. The molecular weight excluding hydrogens is 276 g/mol. The molecule has 0 aliphatic carbocycles. The van der Waals surface area contributed by atoms with Crippen LogP contribution in [0.5, 0.6) is 0 Å². The molecule has 0 aromatic carbocycles. The molecule has 112 valence electrons. The molecule has 2 rings (SSSR count). The standard InChI is InChI=1S/C12H16N6O3/c1-7-13-9(15-14-7)11(20)16(2)5-8-6-17(3)12(21)18(4)10(8)19/h6H,5H2,1-4H3,(H,13,14,15). The fourth-order valence-electron chi connectivity index (χ4n) is 1.93. The van der Waals surface area contributed by atoms with E-state index in [0.29, 0.717) is 11.4 Å². The Morgan fingerprint density at radius 3 is 2.62 bits per heavy atom. The van der Waals surface area contributed by atoms with E-state index in [9.17, 15) is 14.4 Å². The first kappa shape index (κ1) is 14.7. The van der Waals surface area contributed by atoms with Crippen molar-refractivity contribution < 1.29 is 4.79 Å². The molecule has 2 heterocycles. The summed E-state index contributed by atoms with van der Waals surface area (Å²) in [5.41, 5.74) is -0.506. The van der Waals surface area contributed by atoms with Gasteiger partial charge in [0, 0.05) is 27.3 Å². The lowest BCUT2D eigenvalue weighted by Crippen LogP contribution is -2.40. The third-order valence-corrected chi connectivity index (χ3v) is 3.06. The lowest BCUT2D eigenvalue weighted by Gasteiger charge is -2.15. The van der Waals surface area contributed by atoms with Crippen molar-refractivity contribution in [2.75, 3.05) is 7.05 Å². The molecule has 0 bridgehead atoms. The summed E-state index contributed by atoms with van der Waals surface area (Å²) in [6, 6.07) is 0. The van der Waals surface area contributed by atoms with E-state index < -0.39 is 17.2 Å². The van der Waals surface area contributed by atoms with E-state index in [-0.39, 0.29) is 12.4 Å². The van der Waals surface area contributed by atoms with Crippen molar-refractivity contribution in [2.45, 2.75) is 13.5 Å². The molecule has 2 aromatic heterocycles. The summed E-state index contributed by atoms with van der Waals surface area (Å²) in [7, 11) is 4.49. The fraction of sp³-hybridized carbons (Fsp3) is 0.417. The maximum absolute atomic E-state index is 12.1. The van der Waals surface area contributed by atoms with Gasteiger partial charge in [-0.2, -0.15) is 0 Å². The van der Waals surface area contributed by atoms with E-state index in [0.717, 1.165) is 4.57 Å². The van der Waals surface area contributed by atoms with Gasteiger partial charge < -0.3 is 9.47 Å². The third-order valence-electron chi connectivity index (χ3n) is 3.06. The second-order valence-corrected chi connectivity index (χ2v) is 4.82. The topological polar surface area (TPSA) is 106 Å². The minimum Gasteiger partial charge on any atom is -0.334 e. The molecule has 0 saturated carbocycles. The van der Waals surface area contributed by atoms with Crippen LogP contribution in [0.25, 0.3) is 0 Å². The van der Waals surface area contributed by atoms with E-state index in [1.807, 2.05) is 0 Å². The molecule has 0 radical (unpaired) electrons. The summed E-state index contributed by atoms with van der Waals surface area (Å²) in [6.45, 7) is 1.75. The van der Waals surface area contributed by atoms with Crippen molar-refractivity contribution in [3.63, 3.8) is 0 Å². The Morgan fingerprint density at radius 1 is 1.38 bits per heavy atom. The van der Waals surface area contributed by atoms with E-state index in [1.165, 1.54) is 22.7 Å². The quantitative estimate of drug-likeness (QED) is 0.763. The predicted octanol–water partition coefficient (Wildman–Crippen LogP) is -1.22. The van der Waals surface area contributed by atoms with Gasteiger partial charge in [-0.25, -0.2) is 9.78 Å². The Balaban J connectivity index is 2.28. The van der Waals surface area contributed by atoms with Gasteiger partial charge in [-0.1, -0.05) is 0 Å². The van der Waals surface area contributed by atoms with Crippen molar-refractivity contribution in [2.24, 2.45) is 14.1 Å². The Bertz CT molecular complexity index is 800. The third kappa shape index (κ3) is 2.76. The zero-order valence-corrected chi connectivity index (χ0v) is 12.2. The van der Waals surface area contributed by atoms with Crippen molar-refractivity contribution in [1.29, 1.82) is 0 Å². The SMILES string of the molecule is Cc1nc(C(=O)N(C)Cc2cn(C)c(=O)n(C)c2=O)n[nH]1. The van der Waals surface area contributed by atoms with Gasteiger partial charge in [0.2, 0.25) is 5.82 Å². The van der Waals surface area contributed by atoms with Crippen LogP contribution in [0.3, 0.4) is 0 Å². The van der Waals surface area contributed by atoms with Crippen molar-refractivity contribution >= 4 is 5.91 Å². The first-order valence-corrected chi connectivity index (χ1v) is 6.21. The second-order valence-electron chi connectivity index (χ2n) is 4.82. The highest BCUT2D eigenvalue weighted by atomic mass is 16.2. The molecule has 9 nitrogen and oxygen atoms in total. The molecule has 1 N–H and O–H groups in total. The van der Waals surface area contributed by atoms with Crippen LogP contribution in [0, 0.1) is 6.92 Å². The highest BCUT2D eigenvalue weighted by Gasteiger charge is 2.18. The molecule has 9 heteroatoms. The molecule has 21 heavy (non-hydrogen) atoms.